The number of rotatable bonds is 4. The summed E-state index contributed by atoms with van der Waals surface area (Å²) in [5, 5.41) is 4.87. The summed E-state index contributed by atoms with van der Waals surface area (Å²) < 4.78 is 37.5. The Hall–Kier alpha value is -1.84. The molecule has 0 fully saturated rings. The van der Waals surface area contributed by atoms with Gasteiger partial charge in [-0.05, 0) is 32.9 Å². The van der Waals surface area contributed by atoms with Crippen LogP contribution in [0.15, 0.2) is 22.7 Å². The Balaban J connectivity index is 2.02. The van der Waals surface area contributed by atoms with Crippen molar-refractivity contribution in [3.63, 3.8) is 0 Å². The van der Waals surface area contributed by atoms with Gasteiger partial charge in [-0.3, -0.25) is 0 Å². The van der Waals surface area contributed by atoms with E-state index in [1.165, 1.54) is 0 Å². The first-order chi connectivity index (χ1) is 10.6. The Kier molecular flexibility index (Phi) is 4.83. The molecular weight excluding hydrogens is 346 g/mol. The number of halogens is 1. The van der Waals surface area contributed by atoms with Gasteiger partial charge >= 0.3 is 16.3 Å². The normalized spacial score (nSPS) is 12.3. The number of benzene rings is 1. The number of aromatic nitrogens is 1. The highest BCUT2D eigenvalue weighted by atomic mass is 35.5. The van der Waals surface area contributed by atoms with Crippen LogP contribution >= 0.6 is 11.6 Å². The van der Waals surface area contributed by atoms with Gasteiger partial charge in [-0.25, -0.2) is 9.52 Å². The second-order valence-corrected chi connectivity index (χ2v) is 7.63. The lowest BCUT2D eigenvalue weighted by Crippen LogP contribution is -2.42. The number of carbonyl (C=O) groups excluding carboxylic acids is 1. The fourth-order valence-corrected chi connectivity index (χ4v) is 2.52. The van der Waals surface area contributed by atoms with Gasteiger partial charge < -0.3 is 9.26 Å². The molecule has 23 heavy (non-hydrogen) atoms. The summed E-state index contributed by atoms with van der Waals surface area (Å²) >= 11 is 5.83. The summed E-state index contributed by atoms with van der Waals surface area (Å²) in [6, 6.07) is 4.87. The van der Waals surface area contributed by atoms with E-state index in [0.717, 1.165) is 0 Å². The van der Waals surface area contributed by atoms with Gasteiger partial charge in [0, 0.05) is 16.5 Å². The molecule has 0 aliphatic heterocycles. The number of ether oxygens (including phenoxy) is 1. The fourth-order valence-electron chi connectivity index (χ4n) is 1.70. The zero-order valence-corrected chi connectivity index (χ0v) is 14.3. The smallest absolute Gasteiger partial charge is 0.422 e. The van der Waals surface area contributed by atoms with Crippen LogP contribution in [0.2, 0.25) is 5.02 Å². The third-order valence-corrected chi connectivity index (χ3v) is 3.75. The lowest BCUT2D eigenvalue weighted by atomic mass is 10.2. The van der Waals surface area contributed by atoms with Gasteiger partial charge in [-0.2, -0.15) is 13.1 Å². The van der Waals surface area contributed by atoms with E-state index in [9.17, 15) is 13.2 Å². The molecule has 2 aromatic rings. The quantitative estimate of drug-likeness (QED) is 0.864. The van der Waals surface area contributed by atoms with Gasteiger partial charge in [0.2, 0.25) is 0 Å². The summed E-state index contributed by atoms with van der Waals surface area (Å²) in [5.41, 5.74) is -0.000646. The minimum absolute atomic E-state index is 0.160. The van der Waals surface area contributed by atoms with Crippen LogP contribution in [0.25, 0.3) is 11.0 Å². The highest BCUT2D eigenvalue weighted by Crippen LogP contribution is 2.22. The highest BCUT2D eigenvalue weighted by Gasteiger charge is 2.21. The van der Waals surface area contributed by atoms with Gasteiger partial charge in [0.15, 0.2) is 5.58 Å². The number of hydrogen-bond acceptors (Lipinski definition) is 6. The molecule has 1 aromatic heterocycles. The molecule has 0 aliphatic rings. The minimum atomic E-state index is -4.09. The van der Waals surface area contributed by atoms with E-state index in [-0.39, 0.29) is 6.54 Å². The lowest BCUT2D eigenvalue weighted by Gasteiger charge is -2.19. The maximum absolute atomic E-state index is 11.8. The number of carbonyl (C=O) groups is 1. The molecule has 10 heteroatoms. The SMILES string of the molecule is CC(C)(C)OC(=O)NS(=O)(=O)NCc1noc2cc(Cl)ccc12. The van der Waals surface area contributed by atoms with E-state index in [1.807, 2.05) is 0 Å². The third-order valence-electron chi connectivity index (χ3n) is 2.55. The molecule has 0 atom stereocenters. The summed E-state index contributed by atoms with van der Waals surface area (Å²) in [7, 11) is -4.09. The van der Waals surface area contributed by atoms with Gasteiger partial charge in [-0.15, -0.1) is 0 Å². The van der Waals surface area contributed by atoms with Crippen molar-refractivity contribution >= 4 is 38.9 Å². The van der Waals surface area contributed by atoms with E-state index in [1.54, 1.807) is 43.7 Å². The maximum Gasteiger partial charge on any atom is 0.422 e. The number of fused-ring (bicyclic) bond motifs is 1. The molecule has 126 valence electrons. The van der Waals surface area contributed by atoms with Crippen molar-refractivity contribution in [2.75, 3.05) is 0 Å². The molecule has 0 spiro atoms. The fraction of sp³-hybridized carbons (Fsp3) is 0.385. The van der Waals surface area contributed by atoms with Crippen LogP contribution in [-0.2, 0) is 21.5 Å². The molecule has 1 aromatic carbocycles. The predicted molar refractivity (Wildman–Crippen MR) is 84.1 cm³/mol. The zero-order valence-electron chi connectivity index (χ0n) is 12.7. The topological polar surface area (TPSA) is 111 Å². The second kappa shape index (κ2) is 6.34. The van der Waals surface area contributed by atoms with E-state index >= 15 is 0 Å². The monoisotopic (exact) mass is 361 g/mol. The van der Waals surface area contributed by atoms with Crippen molar-refractivity contribution in [2.45, 2.75) is 32.9 Å². The summed E-state index contributed by atoms with van der Waals surface area (Å²) in [5.74, 6) is 0. The van der Waals surface area contributed by atoms with Crippen molar-refractivity contribution in [3.05, 3.63) is 28.9 Å². The Morgan fingerprint density at radius 1 is 1.39 bits per heavy atom. The second-order valence-electron chi connectivity index (χ2n) is 5.70. The molecule has 2 rings (SSSR count). The van der Waals surface area contributed by atoms with Crippen LogP contribution in [-0.4, -0.2) is 25.3 Å². The molecule has 2 N–H and O–H groups in total. The van der Waals surface area contributed by atoms with Crippen LogP contribution in [0, 0.1) is 0 Å². The van der Waals surface area contributed by atoms with Crippen molar-refractivity contribution in [3.8, 4) is 0 Å². The van der Waals surface area contributed by atoms with Crippen LogP contribution in [0.1, 0.15) is 26.5 Å². The van der Waals surface area contributed by atoms with Crippen molar-refractivity contribution < 1.29 is 22.5 Å². The summed E-state index contributed by atoms with van der Waals surface area (Å²) in [6.45, 7) is 4.71. The predicted octanol–water partition coefficient (Wildman–Crippen LogP) is 2.34. The standard InChI is InChI=1S/C13H16ClN3O5S/c1-13(2,3)21-12(18)17-23(19,20)15-7-10-9-5-4-8(14)6-11(9)22-16-10/h4-6,15H,7H2,1-3H3,(H,17,18). The molecule has 1 heterocycles. The zero-order chi connectivity index (χ0) is 17.3. The summed E-state index contributed by atoms with van der Waals surface area (Å²) in [6.07, 6.45) is -1.07. The maximum atomic E-state index is 11.8. The van der Waals surface area contributed by atoms with Crippen LogP contribution in [0.4, 0.5) is 4.79 Å². The first-order valence-corrected chi connectivity index (χ1v) is 8.46. The van der Waals surface area contributed by atoms with Gasteiger partial charge in [-0.1, -0.05) is 16.8 Å². The molecule has 0 aliphatic carbocycles. The number of amides is 1. The van der Waals surface area contributed by atoms with Crippen molar-refractivity contribution in [1.29, 1.82) is 0 Å². The molecule has 1 amide bonds. The molecule has 0 saturated heterocycles. The molecule has 0 radical (unpaired) electrons. The average molecular weight is 362 g/mol. The van der Waals surface area contributed by atoms with E-state index in [0.29, 0.717) is 21.7 Å². The number of hydrogen-bond donors (Lipinski definition) is 2. The van der Waals surface area contributed by atoms with Gasteiger partial charge in [0.25, 0.3) is 0 Å². The van der Waals surface area contributed by atoms with E-state index in [4.69, 9.17) is 20.9 Å². The number of nitrogens with zero attached hydrogens (tertiary/aromatic N) is 1. The van der Waals surface area contributed by atoms with Crippen LogP contribution < -0.4 is 9.44 Å². The Morgan fingerprint density at radius 3 is 2.74 bits per heavy atom. The van der Waals surface area contributed by atoms with Gasteiger partial charge in [0.1, 0.15) is 11.3 Å². The van der Waals surface area contributed by atoms with Crippen molar-refractivity contribution in [1.82, 2.24) is 14.6 Å². The van der Waals surface area contributed by atoms with Gasteiger partial charge in [0.05, 0.1) is 6.54 Å². The van der Waals surface area contributed by atoms with Crippen LogP contribution in [0.3, 0.4) is 0 Å². The lowest BCUT2D eigenvalue weighted by molar-refractivity contribution is 0.0569. The minimum Gasteiger partial charge on any atom is -0.443 e. The largest absolute Gasteiger partial charge is 0.443 e. The van der Waals surface area contributed by atoms with Crippen LogP contribution in [0.5, 0.6) is 0 Å². The molecule has 8 nitrogen and oxygen atoms in total. The Morgan fingerprint density at radius 2 is 2.09 bits per heavy atom. The first kappa shape index (κ1) is 17.5. The molecule has 0 bridgehead atoms. The highest BCUT2D eigenvalue weighted by molar-refractivity contribution is 7.88. The van der Waals surface area contributed by atoms with Crippen molar-refractivity contribution in [2.24, 2.45) is 0 Å². The third kappa shape index (κ3) is 5.08. The number of nitrogens with one attached hydrogen (secondary N) is 2. The Bertz CT molecular complexity index is 826. The van der Waals surface area contributed by atoms with E-state index in [2.05, 4.69) is 9.88 Å². The summed E-state index contributed by atoms with van der Waals surface area (Å²) in [4.78, 5) is 11.5. The molecular formula is C13H16ClN3O5S. The first-order valence-electron chi connectivity index (χ1n) is 6.60. The average Bonchev–Trinajstić information content (AvgIpc) is 2.75. The Labute approximate surface area is 138 Å². The molecule has 0 saturated carbocycles. The van der Waals surface area contributed by atoms with E-state index < -0.39 is 21.9 Å². The molecule has 0 unspecified atom stereocenters.